The van der Waals surface area contributed by atoms with Gasteiger partial charge >= 0.3 is 0 Å². The molecular weight excluding hydrogens is 430 g/mol. The van der Waals surface area contributed by atoms with Crippen LogP contribution in [0.15, 0.2) is 42.5 Å². The minimum Gasteiger partial charge on any atom is -0.497 e. The van der Waals surface area contributed by atoms with Crippen LogP contribution in [0.5, 0.6) is 5.75 Å². The first-order chi connectivity index (χ1) is 15.4. The Balaban J connectivity index is 1.60. The quantitative estimate of drug-likeness (QED) is 0.409. The van der Waals surface area contributed by atoms with Gasteiger partial charge in [0.2, 0.25) is 0 Å². The lowest BCUT2D eigenvalue weighted by Gasteiger charge is -2.10. The number of ether oxygens (including phenoxy) is 1. The van der Waals surface area contributed by atoms with Crippen LogP contribution in [-0.2, 0) is 13.1 Å². The summed E-state index contributed by atoms with van der Waals surface area (Å²) in [6, 6.07) is 13.9. The fraction of sp³-hybridized carbons (Fsp3) is 0.182. The highest BCUT2D eigenvalue weighted by molar-refractivity contribution is 6.31. The highest BCUT2D eigenvalue weighted by Crippen LogP contribution is 2.27. The van der Waals surface area contributed by atoms with E-state index in [1.165, 1.54) is 0 Å². The first-order valence-corrected chi connectivity index (χ1v) is 10.3. The number of aromatic nitrogens is 4. The fourth-order valence-corrected chi connectivity index (χ4v) is 3.60. The lowest BCUT2D eigenvalue weighted by molar-refractivity contribution is 0.0945. The maximum absolute atomic E-state index is 12.6. The number of fused-ring (bicyclic) bond motifs is 1. The van der Waals surface area contributed by atoms with E-state index in [0.29, 0.717) is 12.4 Å². The topological polar surface area (TPSA) is 134 Å². The second-order valence-electron chi connectivity index (χ2n) is 7.02. The van der Waals surface area contributed by atoms with Gasteiger partial charge in [-0.3, -0.25) is 4.79 Å². The number of benzene rings is 2. The van der Waals surface area contributed by atoms with Gasteiger partial charge in [-0.1, -0.05) is 29.8 Å². The van der Waals surface area contributed by atoms with Gasteiger partial charge in [-0.25, -0.2) is 15.0 Å². The second kappa shape index (κ2) is 8.72. The predicted molar refractivity (Wildman–Crippen MR) is 124 cm³/mol. The summed E-state index contributed by atoms with van der Waals surface area (Å²) in [5.74, 6) is 0.888. The maximum Gasteiger partial charge on any atom is 0.274 e. The molecule has 0 aliphatic rings. The van der Waals surface area contributed by atoms with Crippen LogP contribution in [0, 0.1) is 0 Å². The Labute approximate surface area is 189 Å². The van der Waals surface area contributed by atoms with Gasteiger partial charge in [0.1, 0.15) is 11.6 Å². The van der Waals surface area contributed by atoms with E-state index >= 15 is 0 Å². The van der Waals surface area contributed by atoms with E-state index in [0.717, 1.165) is 27.9 Å². The summed E-state index contributed by atoms with van der Waals surface area (Å²) in [4.78, 5) is 25.0. The monoisotopic (exact) mass is 451 g/mol. The third-order valence-corrected chi connectivity index (χ3v) is 5.37. The normalized spacial score (nSPS) is 11.0. The van der Waals surface area contributed by atoms with Crippen molar-refractivity contribution >= 4 is 40.2 Å². The first-order valence-electron chi connectivity index (χ1n) is 9.91. The molecule has 2 aromatic heterocycles. The average Bonchev–Trinajstić information content (AvgIpc) is 3.16. The molecule has 0 unspecified atom stereocenters. The molecule has 32 heavy (non-hydrogen) atoms. The van der Waals surface area contributed by atoms with Crippen LogP contribution in [0.2, 0.25) is 5.15 Å². The summed E-state index contributed by atoms with van der Waals surface area (Å²) in [6.07, 6.45) is 0. The third kappa shape index (κ3) is 4.02. The minimum atomic E-state index is -0.509. The van der Waals surface area contributed by atoms with Gasteiger partial charge in [0.25, 0.3) is 5.91 Å². The summed E-state index contributed by atoms with van der Waals surface area (Å²) < 4.78 is 7.28. The molecule has 5 N–H and O–H groups in total. The summed E-state index contributed by atoms with van der Waals surface area (Å²) in [5, 5.41) is 2.71. The molecule has 10 heteroatoms. The smallest absolute Gasteiger partial charge is 0.274 e. The number of carbonyl (C=O) groups excluding carboxylic acids is 1. The van der Waals surface area contributed by atoms with Gasteiger partial charge in [0.15, 0.2) is 22.5 Å². The predicted octanol–water partition coefficient (Wildman–Crippen LogP) is 3.27. The van der Waals surface area contributed by atoms with Crippen LogP contribution in [0.4, 0.5) is 11.6 Å². The summed E-state index contributed by atoms with van der Waals surface area (Å²) in [6.45, 7) is 2.89. The molecule has 9 nitrogen and oxygen atoms in total. The zero-order chi connectivity index (χ0) is 22.8. The molecule has 0 radical (unpaired) electrons. The number of aryl methyl sites for hydroxylation is 1. The first kappa shape index (κ1) is 21.4. The number of halogens is 1. The third-order valence-electron chi connectivity index (χ3n) is 5.09. The number of anilines is 2. The van der Waals surface area contributed by atoms with E-state index in [-0.39, 0.29) is 29.0 Å². The standard InChI is InChI=1S/C22H22ClN7O2/c1-3-30-16-10-13(12-4-7-14(32-2)8-5-12)6-9-15(16)27-17(30)11-26-22(31)18-20(24)29-21(25)19(23)28-18/h4-10H,3,11H2,1-2H3,(H,26,31)(H4,24,25,29). The summed E-state index contributed by atoms with van der Waals surface area (Å²) in [7, 11) is 1.64. The Morgan fingerprint density at radius 1 is 1.06 bits per heavy atom. The van der Waals surface area contributed by atoms with E-state index in [1.807, 2.05) is 47.9 Å². The van der Waals surface area contributed by atoms with E-state index in [2.05, 4.69) is 26.3 Å². The van der Waals surface area contributed by atoms with E-state index < -0.39 is 5.91 Å². The SMILES string of the molecule is CCn1c(CNC(=O)c2nc(Cl)c(N)nc2N)nc2ccc(-c3ccc(OC)cc3)cc21. The van der Waals surface area contributed by atoms with Crippen molar-refractivity contribution in [3.8, 4) is 16.9 Å². The van der Waals surface area contributed by atoms with Crippen LogP contribution in [0.25, 0.3) is 22.2 Å². The number of rotatable bonds is 6. The van der Waals surface area contributed by atoms with Crippen molar-refractivity contribution in [3.05, 3.63) is 59.1 Å². The Hall–Kier alpha value is -3.85. The van der Waals surface area contributed by atoms with E-state index in [9.17, 15) is 4.79 Å². The molecule has 0 fully saturated rings. The highest BCUT2D eigenvalue weighted by atomic mass is 35.5. The van der Waals surface area contributed by atoms with Crippen molar-refractivity contribution in [2.24, 2.45) is 0 Å². The van der Waals surface area contributed by atoms with Crippen molar-refractivity contribution in [2.75, 3.05) is 18.6 Å². The number of nitrogens with zero attached hydrogens (tertiary/aromatic N) is 4. The highest BCUT2D eigenvalue weighted by Gasteiger charge is 2.17. The number of imidazole rings is 1. The van der Waals surface area contributed by atoms with Crippen molar-refractivity contribution in [1.29, 1.82) is 0 Å². The van der Waals surface area contributed by atoms with Gasteiger partial charge in [0, 0.05) is 6.54 Å². The molecule has 1 amide bonds. The Bertz CT molecular complexity index is 1300. The van der Waals surface area contributed by atoms with Gasteiger partial charge in [0.05, 0.1) is 24.7 Å². The molecule has 2 heterocycles. The number of nitrogens with two attached hydrogens (primary N) is 2. The molecule has 0 aliphatic carbocycles. The molecule has 0 saturated carbocycles. The van der Waals surface area contributed by atoms with Crippen LogP contribution < -0.4 is 21.5 Å². The lowest BCUT2D eigenvalue weighted by Crippen LogP contribution is -2.27. The lowest BCUT2D eigenvalue weighted by atomic mass is 10.1. The molecule has 164 valence electrons. The number of carbonyl (C=O) groups is 1. The Morgan fingerprint density at radius 3 is 2.47 bits per heavy atom. The largest absolute Gasteiger partial charge is 0.497 e. The zero-order valence-electron chi connectivity index (χ0n) is 17.6. The molecule has 4 rings (SSSR count). The van der Waals surface area contributed by atoms with Crippen LogP contribution in [0.1, 0.15) is 23.2 Å². The van der Waals surface area contributed by atoms with Crippen molar-refractivity contribution < 1.29 is 9.53 Å². The molecule has 4 aromatic rings. The molecule has 0 aliphatic heterocycles. The Morgan fingerprint density at radius 2 is 1.78 bits per heavy atom. The molecule has 0 spiro atoms. The Kier molecular flexibility index (Phi) is 5.83. The van der Waals surface area contributed by atoms with Crippen molar-refractivity contribution in [1.82, 2.24) is 24.8 Å². The van der Waals surface area contributed by atoms with Crippen molar-refractivity contribution in [3.63, 3.8) is 0 Å². The second-order valence-corrected chi connectivity index (χ2v) is 7.38. The number of nitrogens with one attached hydrogen (secondary N) is 1. The van der Waals surface area contributed by atoms with Crippen molar-refractivity contribution in [2.45, 2.75) is 20.0 Å². The molecule has 0 saturated heterocycles. The van der Waals surface area contributed by atoms with Gasteiger partial charge in [-0.15, -0.1) is 0 Å². The van der Waals surface area contributed by atoms with Crippen LogP contribution in [0.3, 0.4) is 0 Å². The fourth-order valence-electron chi connectivity index (χ4n) is 3.48. The molecular formula is C22H22ClN7O2. The number of methoxy groups -OCH3 is 1. The maximum atomic E-state index is 12.6. The number of hydrogen-bond donors (Lipinski definition) is 3. The van der Waals surface area contributed by atoms with E-state index in [1.54, 1.807) is 7.11 Å². The molecule has 2 aromatic carbocycles. The van der Waals surface area contributed by atoms with E-state index in [4.69, 9.17) is 27.8 Å². The van der Waals surface area contributed by atoms with Crippen LogP contribution >= 0.6 is 11.6 Å². The van der Waals surface area contributed by atoms with Crippen LogP contribution in [-0.4, -0.2) is 32.5 Å². The zero-order valence-corrected chi connectivity index (χ0v) is 18.3. The van der Waals surface area contributed by atoms with Gasteiger partial charge < -0.3 is 26.1 Å². The number of nitrogen functional groups attached to an aromatic ring is 2. The average molecular weight is 452 g/mol. The van der Waals surface area contributed by atoms with Gasteiger partial charge in [-0.2, -0.15) is 0 Å². The van der Waals surface area contributed by atoms with Gasteiger partial charge in [-0.05, 0) is 42.3 Å². The molecule has 0 bridgehead atoms. The summed E-state index contributed by atoms with van der Waals surface area (Å²) in [5.41, 5.74) is 15.2. The summed E-state index contributed by atoms with van der Waals surface area (Å²) >= 11 is 5.87. The number of hydrogen-bond acceptors (Lipinski definition) is 7. The number of amides is 1. The molecule has 0 atom stereocenters. The minimum absolute atomic E-state index is 0.0267.